The minimum atomic E-state index is -4.39. The van der Waals surface area contributed by atoms with Crippen LogP contribution < -0.4 is 15.6 Å². The predicted molar refractivity (Wildman–Crippen MR) is 87.2 cm³/mol. The first kappa shape index (κ1) is 17.2. The van der Waals surface area contributed by atoms with Gasteiger partial charge in [0.05, 0.1) is 12.2 Å². The number of benzene rings is 1. The van der Waals surface area contributed by atoms with E-state index in [2.05, 4.69) is 15.4 Å². The Bertz CT molecular complexity index is 952. The van der Waals surface area contributed by atoms with Gasteiger partial charge in [-0.1, -0.05) is 17.4 Å². The standard InChI is InChI=1S/C15H13F3N4O2S/c1-9-21-22-13(23)6-11(20-14(22)25-9)7-19-10-3-2-4-12(5-10)24-8-15(16,17)18/h2-6,19H,7-8H2,1H3. The zero-order valence-electron chi connectivity index (χ0n) is 13.0. The van der Waals surface area contributed by atoms with E-state index in [1.165, 1.54) is 34.1 Å². The van der Waals surface area contributed by atoms with Crippen LogP contribution >= 0.6 is 11.3 Å². The van der Waals surface area contributed by atoms with E-state index < -0.39 is 12.8 Å². The Labute approximate surface area is 143 Å². The van der Waals surface area contributed by atoms with Crippen LogP contribution in [0.2, 0.25) is 0 Å². The summed E-state index contributed by atoms with van der Waals surface area (Å²) in [4.78, 5) is 16.8. The van der Waals surface area contributed by atoms with Gasteiger partial charge in [-0.05, 0) is 19.1 Å². The molecule has 2 heterocycles. The Morgan fingerprint density at radius 1 is 1.32 bits per heavy atom. The molecule has 1 aromatic carbocycles. The zero-order chi connectivity index (χ0) is 18.0. The van der Waals surface area contributed by atoms with E-state index in [4.69, 9.17) is 4.74 Å². The van der Waals surface area contributed by atoms with Crippen LogP contribution in [0.25, 0.3) is 4.96 Å². The van der Waals surface area contributed by atoms with Gasteiger partial charge >= 0.3 is 6.18 Å². The minimum absolute atomic E-state index is 0.101. The molecular weight excluding hydrogens is 357 g/mol. The van der Waals surface area contributed by atoms with Gasteiger partial charge < -0.3 is 10.1 Å². The number of nitrogens with one attached hydrogen (secondary N) is 1. The number of aryl methyl sites for hydroxylation is 1. The lowest BCUT2D eigenvalue weighted by Gasteiger charge is -2.11. The molecule has 0 atom stereocenters. The molecule has 25 heavy (non-hydrogen) atoms. The Morgan fingerprint density at radius 3 is 2.88 bits per heavy atom. The van der Waals surface area contributed by atoms with Crippen molar-refractivity contribution in [1.82, 2.24) is 14.6 Å². The number of ether oxygens (including phenoxy) is 1. The molecule has 0 aliphatic rings. The number of nitrogens with zero attached hydrogens (tertiary/aromatic N) is 3. The number of anilines is 1. The highest BCUT2D eigenvalue weighted by atomic mass is 32.1. The number of fused-ring (bicyclic) bond motifs is 1. The van der Waals surface area contributed by atoms with Crippen molar-refractivity contribution < 1.29 is 17.9 Å². The van der Waals surface area contributed by atoms with Crippen LogP contribution in [0.1, 0.15) is 10.7 Å². The number of rotatable bonds is 5. The lowest BCUT2D eigenvalue weighted by molar-refractivity contribution is -0.153. The number of alkyl halides is 3. The number of halogens is 3. The molecule has 1 N–H and O–H groups in total. The maximum atomic E-state index is 12.2. The molecule has 0 bridgehead atoms. The molecule has 0 aliphatic heterocycles. The van der Waals surface area contributed by atoms with Crippen molar-refractivity contribution in [3.8, 4) is 5.75 Å². The van der Waals surface area contributed by atoms with Crippen molar-refractivity contribution in [1.29, 1.82) is 0 Å². The average molecular weight is 370 g/mol. The van der Waals surface area contributed by atoms with Crippen LogP contribution in [0.3, 0.4) is 0 Å². The van der Waals surface area contributed by atoms with Crippen LogP contribution in [-0.2, 0) is 6.54 Å². The van der Waals surface area contributed by atoms with Gasteiger partial charge in [0.25, 0.3) is 5.56 Å². The molecule has 0 spiro atoms. The molecule has 0 aliphatic carbocycles. The van der Waals surface area contributed by atoms with Gasteiger partial charge in [-0.15, -0.1) is 0 Å². The molecule has 0 amide bonds. The second kappa shape index (κ2) is 6.71. The summed E-state index contributed by atoms with van der Waals surface area (Å²) in [5, 5.41) is 7.79. The summed E-state index contributed by atoms with van der Waals surface area (Å²) in [6.45, 7) is 0.671. The third kappa shape index (κ3) is 4.47. The lowest BCUT2D eigenvalue weighted by Crippen LogP contribution is -2.19. The van der Waals surface area contributed by atoms with Crippen LogP contribution in [0.4, 0.5) is 18.9 Å². The highest BCUT2D eigenvalue weighted by Crippen LogP contribution is 2.21. The number of hydrogen-bond donors (Lipinski definition) is 1. The summed E-state index contributed by atoms with van der Waals surface area (Å²) in [5.41, 5.74) is 0.783. The maximum absolute atomic E-state index is 12.2. The summed E-state index contributed by atoms with van der Waals surface area (Å²) in [7, 11) is 0. The monoisotopic (exact) mass is 370 g/mol. The van der Waals surface area contributed by atoms with Gasteiger partial charge in [0.15, 0.2) is 6.61 Å². The van der Waals surface area contributed by atoms with Gasteiger partial charge in [-0.2, -0.15) is 22.8 Å². The second-order valence-electron chi connectivity index (χ2n) is 5.19. The Kier molecular flexibility index (Phi) is 4.62. The summed E-state index contributed by atoms with van der Waals surface area (Å²) < 4.78 is 42.5. The predicted octanol–water partition coefficient (Wildman–Crippen LogP) is 3.01. The van der Waals surface area contributed by atoms with E-state index in [-0.39, 0.29) is 17.9 Å². The number of aromatic nitrogens is 3. The average Bonchev–Trinajstić information content (AvgIpc) is 2.92. The van der Waals surface area contributed by atoms with Crippen LogP contribution in [0, 0.1) is 6.92 Å². The van der Waals surface area contributed by atoms with Crippen molar-refractivity contribution in [3.05, 3.63) is 51.4 Å². The third-order valence-corrected chi connectivity index (χ3v) is 3.93. The lowest BCUT2D eigenvalue weighted by atomic mass is 10.3. The number of hydrogen-bond acceptors (Lipinski definition) is 6. The fourth-order valence-electron chi connectivity index (χ4n) is 2.10. The van der Waals surface area contributed by atoms with E-state index in [0.29, 0.717) is 16.3 Å². The van der Waals surface area contributed by atoms with Gasteiger partial charge in [0.1, 0.15) is 10.8 Å². The SMILES string of the molecule is Cc1nn2c(=O)cc(CNc3cccc(OCC(F)(F)F)c3)nc2s1. The van der Waals surface area contributed by atoms with Crippen molar-refractivity contribution in [2.75, 3.05) is 11.9 Å². The fraction of sp³-hybridized carbons (Fsp3) is 0.267. The normalized spacial score (nSPS) is 11.7. The molecule has 0 fully saturated rings. The highest BCUT2D eigenvalue weighted by Gasteiger charge is 2.28. The molecule has 0 unspecified atom stereocenters. The van der Waals surface area contributed by atoms with Crippen LogP contribution in [0.15, 0.2) is 35.1 Å². The largest absolute Gasteiger partial charge is 0.484 e. The Morgan fingerprint density at radius 2 is 2.12 bits per heavy atom. The van der Waals surface area contributed by atoms with E-state index >= 15 is 0 Å². The Balaban J connectivity index is 1.70. The molecule has 0 saturated carbocycles. The van der Waals surface area contributed by atoms with Crippen molar-refractivity contribution in [2.24, 2.45) is 0 Å². The fourth-order valence-corrected chi connectivity index (χ4v) is 2.86. The van der Waals surface area contributed by atoms with E-state index in [9.17, 15) is 18.0 Å². The topological polar surface area (TPSA) is 68.5 Å². The smallest absolute Gasteiger partial charge is 0.422 e. The first-order valence-electron chi connectivity index (χ1n) is 7.20. The maximum Gasteiger partial charge on any atom is 0.422 e. The van der Waals surface area contributed by atoms with E-state index in [0.717, 1.165) is 5.01 Å². The molecular formula is C15H13F3N4O2S. The first-order chi connectivity index (χ1) is 11.8. The highest BCUT2D eigenvalue weighted by molar-refractivity contribution is 7.16. The Hall–Kier alpha value is -2.62. The summed E-state index contributed by atoms with van der Waals surface area (Å²) in [6.07, 6.45) is -4.39. The van der Waals surface area contributed by atoms with E-state index in [1.54, 1.807) is 19.1 Å². The minimum Gasteiger partial charge on any atom is -0.484 e. The third-order valence-electron chi connectivity index (χ3n) is 3.11. The molecule has 3 rings (SSSR count). The molecule has 6 nitrogen and oxygen atoms in total. The second-order valence-corrected chi connectivity index (χ2v) is 6.35. The van der Waals surface area contributed by atoms with Gasteiger partial charge in [0, 0.05) is 17.8 Å². The molecule has 0 saturated heterocycles. The molecule has 10 heteroatoms. The molecule has 3 aromatic rings. The molecule has 0 radical (unpaired) electrons. The van der Waals surface area contributed by atoms with Gasteiger partial charge in [0.2, 0.25) is 4.96 Å². The van der Waals surface area contributed by atoms with Crippen molar-refractivity contribution in [2.45, 2.75) is 19.6 Å². The summed E-state index contributed by atoms with van der Waals surface area (Å²) in [6, 6.07) is 7.51. The first-order valence-corrected chi connectivity index (χ1v) is 8.02. The quantitative estimate of drug-likeness (QED) is 0.748. The van der Waals surface area contributed by atoms with Gasteiger partial charge in [-0.3, -0.25) is 4.79 Å². The van der Waals surface area contributed by atoms with Crippen LogP contribution in [0.5, 0.6) is 5.75 Å². The van der Waals surface area contributed by atoms with E-state index in [1.807, 2.05) is 0 Å². The van der Waals surface area contributed by atoms with Crippen LogP contribution in [-0.4, -0.2) is 27.4 Å². The summed E-state index contributed by atoms with van der Waals surface area (Å²) >= 11 is 1.30. The van der Waals surface area contributed by atoms with Crippen molar-refractivity contribution in [3.63, 3.8) is 0 Å². The van der Waals surface area contributed by atoms with Crippen molar-refractivity contribution >= 4 is 22.0 Å². The molecule has 2 aromatic heterocycles. The van der Waals surface area contributed by atoms with Gasteiger partial charge in [-0.25, -0.2) is 4.98 Å². The molecule has 132 valence electrons. The summed E-state index contributed by atoms with van der Waals surface area (Å²) in [5.74, 6) is 0.101. The zero-order valence-corrected chi connectivity index (χ0v) is 13.8.